The SMILES string of the molecule is C=C(C(=O)N1CN(C(=O)c2c(F)cccc2F)C(=O)N(c2ccc(Oc3ccc(C(F)(F)F)cc3Cl)cc2F)C1)N1CN(C(=O)c2c(F)cccc2F)C(=O)N(c2ccc(Oc3ccc(C(F)(F)F)cc3Cl)cc2F)C1. The number of hydrogen-bond donors (Lipinski definition) is 0. The third-order valence-corrected chi connectivity index (χ3v) is 11.9. The van der Waals surface area contributed by atoms with E-state index in [1.807, 2.05) is 0 Å². The second-order valence-corrected chi connectivity index (χ2v) is 17.0. The van der Waals surface area contributed by atoms with E-state index in [1.165, 1.54) is 0 Å². The van der Waals surface area contributed by atoms with Gasteiger partial charge in [-0.25, -0.2) is 45.7 Å². The number of anilines is 2. The van der Waals surface area contributed by atoms with E-state index in [0.29, 0.717) is 75.4 Å². The van der Waals surface area contributed by atoms with E-state index in [2.05, 4.69) is 6.58 Å². The zero-order valence-corrected chi connectivity index (χ0v) is 39.3. The van der Waals surface area contributed by atoms with E-state index >= 15 is 26.3 Å². The van der Waals surface area contributed by atoms with Gasteiger partial charge >= 0.3 is 24.4 Å². The molecule has 0 unspecified atom stereocenters. The summed E-state index contributed by atoms with van der Waals surface area (Å²) in [4.78, 5) is 73.3. The molecule has 13 nitrogen and oxygen atoms in total. The van der Waals surface area contributed by atoms with Gasteiger partial charge in [0.05, 0.1) is 38.2 Å². The highest BCUT2D eigenvalue weighted by molar-refractivity contribution is 6.32. The molecule has 6 aromatic rings. The second kappa shape index (κ2) is 20.7. The molecule has 0 spiro atoms. The van der Waals surface area contributed by atoms with Gasteiger partial charge in [-0.15, -0.1) is 0 Å². The molecule has 0 saturated carbocycles. The molecule has 394 valence electrons. The van der Waals surface area contributed by atoms with Crippen LogP contribution < -0.4 is 19.3 Å². The quantitative estimate of drug-likeness (QED) is 0.0981. The number of amides is 7. The highest BCUT2D eigenvalue weighted by atomic mass is 35.5. The third kappa shape index (κ3) is 10.7. The molecule has 2 heterocycles. The Labute approximate surface area is 429 Å². The fourth-order valence-corrected chi connectivity index (χ4v) is 8.01. The maximum absolute atomic E-state index is 16.2. The van der Waals surface area contributed by atoms with Crippen LogP contribution in [0.4, 0.5) is 73.6 Å². The largest absolute Gasteiger partial charge is 0.456 e. The topological polar surface area (TPSA) is 123 Å². The highest BCUT2D eigenvalue weighted by Crippen LogP contribution is 2.40. The lowest BCUT2D eigenvalue weighted by Gasteiger charge is -2.45. The number of carbonyl (C=O) groups is 5. The number of hydrogen-bond acceptors (Lipinski definition) is 8. The van der Waals surface area contributed by atoms with Crippen molar-refractivity contribution in [2.75, 3.05) is 36.5 Å². The summed E-state index contributed by atoms with van der Waals surface area (Å²) < 4.78 is 183. The number of imide groups is 2. The minimum atomic E-state index is -4.78. The Morgan fingerprint density at radius 1 is 0.487 bits per heavy atom. The Morgan fingerprint density at radius 3 is 1.21 bits per heavy atom. The zero-order valence-electron chi connectivity index (χ0n) is 37.8. The second-order valence-electron chi connectivity index (χ2n) is 16.2. The highest BCUT2D eigenvalue weighted by Gasteiger charge is 2.44. The van der Waals surface area contributed by atoms with Gasteiger partial charge in [0.2, 0.25) is 0 Å². The zero-order chi connectivity index (χ0) is 55.3. The van der Waals surface area contributed by atoms with Crippen molar-refractivity contribution >= 4 is 64.4 Å². The fourth-order valence-electron chi connectivity index (χ4n) is 7.57. The van der Waals surface area contributed by atoms with E-state index in [4.69, 9.17) is 32.7 Å². The molecule has 2 aliphatic rings. The van der Waals surface area contributed by atoms with Crippen molar-refractivity contribution in [1.29, 1.82) is 0 Å². The number of alkyl halides is 6. The first-order chi connectivity index (χ1) is 35.7. The summed E-state index contributed by atoms with van der Waals surface area (Å²) in [5.74, 6) is -14.8. The van der Waals surface area contributed by atoms with Crippen LogP contribution in [0.15, 0.2) is 121 Å². The van der Waals surface area contributed by atoms with Crippen LogP contribution in [0.3, 0.4) is 0 Å². The molecule has 6 aromatic carbocycles. The molecule has 76 heavy (non-hydrogen) atoms. The molecule has 27 heteroatoms. The van der Waals surface area contributed by atoms with Gasteiger partial charge < -0.3 is 19.3 Å². The van der Waals surface area contributed by atoms with Crippen LogP contribution in [0.2, 0.25) is 10.0 Å². The molecule has 2 aliphatic heterocycles. The lowest BCUT2D eigenvalue weighted by Crippen LogP contribution is -2.64. The standard InChI is InChI=1S/C49H28Cl2F12N6O7/c1-24(64-20-66(46(73)68(21-64)44(71)41-31(52)4-2-5-32(41)53)37-12-10-27(18-35(37)56)75-39-14-8-25(16-29(39)50)48(58,59)60)43(70)65-22-67(47(74)69(23-65)45(72)42-33(54)6-3-7-34(42)55)38-13-11-28(19-36(38)57)76-40-15-9-26(17-30(40)51)49(61,62)63/h2-19H,1,20-23H2. The van der Waals surface area contributed by atoms with Gasteiger partial charge in [0.1, 0.15) is 84.1 Å². The van der Waals surface area contributed by atoms with Gasteiger partial charge in [-0.05, 0) is 84.9 Å². The number of ether oxygens (including phenoxy) is 2. The summed E-state index contributed by atoms with van der Waals surface area (Å²) in [6, 6.07) is 10.5. The van der Waals surface area contributed by atoms with Gasteiger partial charge in [-0.1, -0.05) is 41.9 Å². The molecule has 8 rings (SSSR count). The van der Waals surface area contributed by atoms with E-state index in [9.17, 15) is 50.3 Å². The summed E-state index contributed by atoms with van der Waals surface area (Å²) in [5.41, 5.74) is -7.11. The Hall–Kier alpha value is -8.45. The molecule has 0 aromatic heterocycles. The molecule has 2 fully saturated rings. The van der Waals surface area contributed by atoms with Crippen LogP contribution in [-0.2, 0) is 17.1 Å². The van der Waals surface area contributed by atoms with Crippen molar-refractivity contribution in [2.24, 2.45) is 0 Å². The number of rotatable bonds is 10. The molecule has 0 atom stereocenters. The van der Waals surface area contributed by atoms with Gasteiger partial charge in [0.25, 0.3) is 17.7 Å². The number of halogens is 14. The Morgan fingerprint density at radius 2 is 0.855 bits per heavy atom. The van der Waals surface area contributed by atoms with Gasteiger partial charge in [-0.2, -0.15) is 26.3 Å². The summed E-state index contributed by atoms with van der Waals surface area (Å²) in [5, 5.41) is -1.08. The summed E-state index contributed by atoms with van der Waals surface area (Å²) in [6.07, 6.45) is -9.56. The minimum Gasteiger partial charge on any atom is -0.456 e. The van der Waals surface area contributed by atoms with E-state index in [-0.39, 0.29) is 21.3 Å². The molecule has 0 radical (unpaired) electrons. The van der Waals surface area contributed by atoms with Crippen LogP contribution in [0.25, 0.3) is 0 Å². The molecular weight excluding hydrogens is 1080 g/mol. The first kappa shape index (κ1) is 53.8. The van der Waals surface area contributed by atoms with Crippen LogP contribution >= 0.6 is 23.2 Å². The lowest BCUT2D eigenvalue weighted by molar-refractivity contribution is -0.138. The van der Waals surface area contributed by atoms with Crippen LogP contribution in [0.1, 0.15) is 31.8 Å². The lowest BCUT2D eigenvalue weighted by atomic mass is 10.1. The average molecular weight is 1110 g/mol. The molecule has 0 aliphatic carbocycles. The first-order valence-corrected chi connectivity index (χ1v) is 22.0. The van der Waals surface area contributed by atoms with E-state index in [0.717, 1.165) is 53.4 Å². The Balaban J connectivity index is 1.13. The number of carbonyl (C=O) groups excluding carboxylic acids is 5. The number of nitrogens with zero attached hydrogens (tertiary/aromatic N) is 6. The minimum absolute atomic E-state index is 0.127. The summed E-state index contributed by atoms with van der Waals surface area (Å²) >= 11 is 12.0. The molecule has 0 N–H and O–H groups in total. The Bertz CT molecular complexity index is 3140. The predicted octanol–water partition coefficient (Wildman–Crippen LogP) is 12.8. The van der Waals surface area contributed by atoms with Crippen LogP contribution in [0, 0.1) is 34.9 Å². The summed E-state index contributed by atoms with van der Waals surface area (Å²) in [7, 11) is 0. The van der Waals surface area contributed by atoms with Crippen molar-refractivity contribution in [2.45, 2.75) is 12.4 Å². The number of benzene rings is 6. The van der Waals surface area contributed by atoms with E-state index < -0.39 is 165 Å². The van der Waals surface area contributed by atoms with Crippen LogP contribution in [0.5, 0.6) is 23.0 Å². The molecule has 2 saturated heterocycles. The maximum atomic E-state index is 16.2. The summed E-state index contributed by atoms with van der Waals surface area (Å²) in [6.45, 7) is -0.508. The number of urea groups is 2. The van der Waals surface area contributed by atoms with Crippen molar-refractivity contribution < 1.29 is 86.1 Å². The van der Waals surface area contributed by atoms with E-state index in [1.54, 1.807) is 0 Å². The predicted molar refractivity (Wildman–Crippen MR) is 244 cm³/mol. The third-order valence-electron chi connectivity index (χ3n) is 11.3. The van der Waals surface area contributed by atoms with Crippen LogP contribution in [-0.4, -0.2) is 76.1 Å². The molecular formula is C49H28Cl2F12N6O7. The molecule has 7 amide bonds. The first-order valence-electron chi connectivity index (χ1n) is 21.3. The van der Waals surface area contributed by atoms with Gasteiger partial charge in [0, 0.05) is 12.1 Å². The van der Waals surface area contributed by atoms with Crippen molar-refractivity contribution in [1.82, 2.24) is 19.6 Å². The van der Waals surface area contributed by atoms with Gasteiger partial charge in [-0.3, -0.25) is 24.2 Å². The normalized spacial score (nSPS) is 14.3. The Kier molecular flexibility index (Phi) is 14.7. The smallest absolute Gasteiger partial charge is 0.416 e. The van der Waals surface area contributed by atoms with Gasteiger partial charge in [0.15, 0.2) is 11.6 Å². The fraction of sp³-hybridized carbons (Fsp3) is 0.122. The van der Waals surface area contributed by atoms with Crippen molar-refractivity contribution in [3.8, 4) is 23.0 Å². The van der Waals surface area contributed by atoms with Crippen molar-refractivity contribution in [3.05, 3.63) is 189 Å². The average Bonchev–Trinajstić information content (AvgIpc) is 3.35. The monoisotopic (exact) mass is 1110 g/mol. The molecule has 0 bridgehead atoms. The maximum Gasteiger partial charge on any atom is 0.416 e. The van der Waals surface area contributed by atoms with Crippen molar-refractivity contribution in [3.63, 3.8) is 0 Å².